The fraction of sp³-hybridized carbons (Fsp3) is 0.211. The van der Waals surface area contributed by atoms with Crippen LogP contribution in [0.2, 0.25) is 0 Å². The van der Waals surface area contributed by atoms with Crippen LogP contribution in [0.25, 0.3) is 10.6 Å². The molecule has 1 fully saturated rings. The van der Waals surface area contributed by atoms with Gasteiger partial charge in [-0.2, -0.15) is 0 Å². The van der Waals surface area contributed by atoms with Gasteiger partial charge in [0.25, 0.3) is 5.91 Å². The number of benzene rings is 1. The summed E-state index contributed by atoms with van der Waals surface area (Å²) >= 11 is 3.08. The quantitative estimate of drug-likeness (QED) is 0.666. The monoisotopic (exact) mass is 383 g/mol. The van der Waals surface area contributed by atoms with Crippen molar-refractivity contribution < 1.29 is 9.59 Å². The SMILES string of the molecule is Cc1ccc(-c2csc(NC(=O)c3ccc(NC(=O)C4CC4)cc3)n2)s1. The molecule has 0 saturated heterocycles. The predicted molar refractivity (Wildman–Crippen MR) is 106 cm³/mol. The Bertz CT molecular complexity index is 955. The average Bonchev–Trinajstić information content (AvgIpc) is 3.25. The molecule has 2 N–H and O–H groups in total. The van der Waals surface area contributed by atoms with E-state index in [1.807, 2.05) is 11.4 Å². The van der Waals surface area contributed by atoms with Crippen LogP contribution < -0.4 is 10.6 Å². The van der Waals surface area contributed by atoms with E-state index in [1.54, 1.807) is 35.6 Å². The van der Waals surface area contributed by atoms with E-state index in [2.05, 4.69) is 28.6 Å². The van der Waals surface area contributed by atoms with Crippen LogP contribution in [0.1, 0.15) is 28.1 Å². The highest BCUT2D eigenvalue weighted by Gasteiger charge is 2.29. The van der Waals surface area contributed by atoms with Gasteiger partial charge in [-0.1, -0.05) is 0 Å². The molecule has 1 aliphatic carbocycles. The lowest BCUT2D eigenvalue weighted by Gasteiger charge is -2.06. The van der Waals surface area contributed by atoms with Gasteiger partial charge in [0.1, 0.15) is 0 Å². The number of amides is 2. The number of hydrogen-bond donors (Lipinski definition) is 2. The Morgan fingerprint density at radius 3 is 2.50 bits per heavy atom. The molecule has 1 aliphatic rings. The molecule has 2 amide bonds. The Hall–Kier alpha value is -2.51. The lowest BCUT2D eigenvalue weighted by atomic mass is 10.2. The van der Waals surface area contributed by atoms with E-state index in [4.69, 9.17) is 0 Å². The van der Waals surface area contributed by atoms with E-state index in [0.29, 0.717) is 16.4 Å². The molecule has 0 radical (unpaired) electrons. The maximum atomic E-state index is 12.4. The van der Waals surface area contributed by atoms with Crippen molar-refractivity contribution in [3.05, 3.63) is 52.2 Å². The molecule has 0 spiro atoms. The summed E-state index contributed by atoms with van der Waals surface area (Å²) in [4.78, 5) is 30.9. The van der Waals surface area contributed by atoms with Crippen molar-refractivity contribution in [1.82, 2.24) is 4.98 Å². The van der Waals surface area contributed by atoms with Crippen LogP contribution in [0.5, 0.6) is 0 Å². The van der Waals surface area contributed by atoms with Gasteiger partial charge in [-0.15, -0.1) is 22.7 Å². The van der Waals surface area contributed by atoms with Crippen molar-refractivity contribution in [2.24, 2.45) is 5.92 Å². The maximum Gasteiger partial charge on any atom is 0.257 e. The van der Waals surface area contributed by atoms with Gasteiger partial charge >= 0.3 is 0 Å². The zero-order valence-electron chi connectivity index (χ0n) is 14.1. The summed E-state index contributed by atoms with van der Waals surface area (Å²) in [6.45, 7) is 2.06. The summed E-state index contributed by atoms with van der Waals surface area (Å²) in [7, 11) is 0. The fourth-order valence-corrected chi connectivity index (χ4v) is 4.09. The van der Waals surface area contributed by atoms with Gasteiger partial charge in [0.2, 0.25) is 5.91 Å². The molecule has 2 aromatic heterocycles. The molecule has 1 saturated carbocycles. The van der Waals surface area contributed by atoms with E-state index in [0.717, 1.165) is 23.4 Å². The number of aromatic nitrogens is 1. The molecule has 2 heterocycles. The Labute approximate surface area is 159 Å². The van der Waals surface area contributed by atoms with E-state index >= 15 is 0 Å². The van der Waals surface area contributed by atoms with Crippen LogP contribution in [0.4, 0.5) is 10.8 Å². The topological polar surface area (TPSA) is 71.1 Å². The Morgan fingerprint density at radius 1 is 1.08 bits per heavy atom. The number of aryl methyl sites for hydroxylation is 1. The van der Waals surface area contributed by atoms with Crippen LogP contribution in [0.3, 0.4) is 0 Å². The number of thiazole rings is 1. The van der Waals surface area contributed by atoms with Crippen LogP contribution >= 0.6 is 22.7 Å². The van der Waals surface area contributed by atoms with Crippen LogP contribution in [0.15, 0.2) is 41.8 Å². The third kappa shape index (κ3) is 3.84. The lowest BCUT2D eigenvalue weighted by molar-refractivity contribution is -0.117. The van der Waals surface area contributed by atoms with Crippen LogP contribution in [-0.2, 0) is 4.79 Å². The van der Waals surface area contributed by atoms with Crippen molar-refractivity contribution in [3.63, 3.8) is 0 Å². The Morgan fingerprint density at radius 2 is 1.85 bits per heavy atom. The molecule has 0 atom stereocenters. The fourth-order valence-electron chi connectivity index (χ4n) is 2.48. The lowest BCUT2D eigenvalue weighted by Crippen LogP contribution is -2.14. The standard InChI is InChI=1S/C19H17N3O2S2/c1-11-2-9-16(26-11)15-10-25-19(21-15)22-18(24)13-5-7-14(8-6-13)20-17(23)12-3-4-12/h2,5-10,12H,3-4H2,1H3,(H,20,23)(H,21,22,24). The number of nitrogens with zero attached hydrogens (tertiary/aromatic N) is 1. The van der Waals surface area contributed by atoms with E-state index in [1.165, 1.54) is 16.2 Å². The van der Waals surface area contributed by atoms with Gasteiger partial charge in [-0.05, 0) is 56.2 Å². The average molecular weight is 383 g/mol. The minimum absolute atomic E-state index is 0.0568. The minimum atomic E-state index is -0.215. The molecule has 26 heavy (non-hydrogen) atoms. The van der Waals surface area contributed by atoms with Crippen LogP contribution in [-0.4, -0.2) is 16.8 Å². The maximum absolute atomic E-state index is 12.4. The summed E-state index contributed by atoms with van der Waals surface area (Å²) in [5.74, 6) is -0.00105. The van der Waals surface area contributed by atoms with Gasteiger partial charge in [-0.3, -0.25) is 14.9 Å². The summed E-state index contributed by atoms with van der Waals surface area (Å²) in [6.07, 6.45) is 1.93. The largest absolute Gasteiger partial charge is 0.326 e. The smallest absolute Gasteiger partial charge is 0.257 e. The second-order valence-corrected chi connectivity index (χ2v) is 8.39. The third-order valence-corrected chi connectivity index (χ3v) is 5.86. The van der Waals surface area contributed by atoms with Crippen molar-refractivity contribution in [3.8, 4) is 10.6 Å². The zero-order valence-corrected chi connectivity index (χ0v) is 15.7. The second-order valence-electron chi connectivity index (χ2n) is 6.24. The molecule has 1 aromatic carbocycles. The van der Waals surface area contributed by atoms with E-state index in [-0.39, 0.29) is 17.7 Å². The minimum Gasteiger partial charge on any atom is -0.326 e. The summed E-state index contributed by atoms with van der Waals surface area (Å²) in [5.41, 5.74) is 2.11. The zero-order chi connectivity index (χ0) is 18.1. The number of rotatable bonds is 5. The first-order valence-electron chi connectivity index (χ1n) is 8.33. The number of thiophene rings is 1. The summed E-state index contributed by atoms with van der Waals surface area (Å²) in [6, 6.07) is 11.0. The molecule has 0 aliphatic heterocycles. The highest BCUT2D eigenvalue weighted by Crippen LogP contribution is 2.31. The molecule has 4 rings (SSSR count). The van der Waals surface area contributed by atoms with Crippen molar-refractivity contribution in [2.45, 2.75) is 19.8 Å². The van der Waals surface area contributed by atoms with Gasteiger partial charge in [-0.25, -0.2) is 4.98 Å². The predicted octanol–water partition coefficient (Wildman–Crippen LogP) is 4.78. The molecule has 0 unspecified atom stereocenters. The molecule has 7 heteroatoms. The molecular weight excluding hydrogens is 366 g/mol. The summed E-state index contributed by atoms with van der Waals surface area (Å²) in [5, 5.41) is 8.21. The molecule has 5 nitrogen and oxygen atoms in total. The van der Waals surface area contributed by atoms with E-state index in [9.17, 15) is 9.59 Å². The first-order valence-corrected chi connectivity index (χ1v) is 10.0. The molecular formula is C19H17N3O2S2. The number of carbonyl (C=O) groups excluding carboxylic acids is 2. The Kier molecular flexibility index (Phi) is 4.57. The Balaban J connectivity index is 1.40. The molecule has 3 aromatic rings. The van der Waals surface area contributed by atoms with Crippen molar-refractivity contribution in [2.75, 3.05) is 10.6 Å². The van der Waals surface area contributed by atoms with Gasteiger partial charge in [0.15, 0.2) is 5.13 Å². The first kappa shape index (κ1) is 16.9. The van der Waals surface area contributed by atoms with Gasteiger partial charge < -0.3 is 5.32 Å². The number of hydrogen-bond acceptors (Lipinski definition) is 5. The number of nitrogens with one attached hydrogen (secondary N) is 2. The highest BCUT2D eigenvalue weighted by atomic mass is 32.1. The highest BCUT2D eigenvalue weighted by molar-refractivity contribution is 7.17. The van der Waals surface area contributed by atoms with Crippen molar-refractivity contribution >= 4 is 45.3 Å². The van der Waals surface area contributed by atoms with E-state index < -0.39 is 0 Å². The summed E-state index contributed by atoms with van der Waals surface area (Å²) < 4.78 is 0. The number of anilines is 2. The molecule has 0 bridgehead atoms. The normalized spacial score (nSPS) is 13.4. The van der Waals surface area contributed by atoms with Gasteiger partial charge in [0.05, 0.1) is 10.6 Å². The first-order chi connectivity index (χ1) is 12.6. The second kappa shape index (κ2) is 7.01. The van der Waals surface area contributed by atoms with Crippen molar-refractivity contribution in [1.29, 1.82) is 0 Å². The molecule has 132 valence electrons. The van der Waals surface area contributed by atoms with Gasteiger partial charge in [0, 0.05) is 27.4 Å². The third-order valence-electron chi connectivity index (χ3n) is 4.08. The van der Waals surface area contributed by atoms with Crippen LogP contribution in [0, 0.1) is 12.8 Å². The number of carbonyl (C=O) groups is 2.